The maximum atomic E-state index is 3.55. The molecule has 1 unspecified atom stereocenters. The number of hydrogen-bond acceptors (Lipinski definition) is 1. The summed E-state index contributed by atoms with van der Waals surface area (Å²) in [5, 5.41) is 3.55. The molecule has 1 aromatic rings. The average molecular weight is 231 g/mol. The molecule has 2 rings (SSSR count). The van der Waals surface area contributed by atoms with E-state index in [0.717, 1.165) is 24.9 Å². The summed E-state index contributed by atoms with van der Waals surface area (Å²) in [7, 11) is 0. The van der Waals surface area contributed by atoms with Gasteiger partial charge in [-0.15, -0.1) is 0 Å². The third-order valence-corrected chi connectivity index (χ3v) is 3.98. The number of nitrogens with one attached hydrogen (secondary N) is 1. The second-order valence-electron chi connectivity index (χ2n) is 5.89. The van der Waals surface area contributed by atoms with Gasteiger partial charge in [0.25, 0.3) is 0 Å². The van der Waals surface area contributed by atoms with Crippen LogP contribution in [0.1, 0.15) is 62.6 Å². The van der Waals surface area contributed by atoms with Crippen LogP contribution in [-0.2, 0) is 6.54 Å². The smallest absolute Gasteiger partial charge is 0.0208 e. The van der Waals surface area contributed by atoms with Crippen molar-refractivity contribution in [2.24, 2.45) is 5.92 Å². The van der Waals surface area contributed by atoms with Gasteiger partial charge in [0.05, 0.1) is 0 Å². The Bertz CT molecular complexity index is 379. The van der Waals surface area contributed by atoms with Crippen molar-refractivity contribution in [2.45, 2.75) is 52.5 Å². The van der Waals surface area contributed by atoms with Crippen LogP contribution in [0.15, 0.2) is 18.2 Å². The Morgan fingerprint density at radius 1 is 1.18 bits per heavy atom. The summed E-state index contributed by atoms with van der Waals surface area (Å²) in [4.78, 5) is 0. The lowest BCUT2D eigenvalue weighted by atomic mass is 9.79. The molecule has 0 saturated carbocycles. The average Bonchev–Trinajstić information content (AvgIpc) is 2.50. The molecule has 1 heterocycles. The quantitative estimate of drug-likeness (QED) is 0.810. The number of fused-ring (bicyclic) bond motifs is 1. The predicted octanol–water partition coefficient (Wildman–Crippen LogP) is 4.04. The van der Waals surface area contributed by atoms with Crippen molar-refractivity contribution in [2.75, 3.05) is 6.54 Å². The fourth-order valence-electron chi connectivity index (χ4n) is 3.03. The highest BCUT2D eigenvalue weighted by Gasteiger charge is 2.24. The van der Waals surface area contributed by atoms with Crippen LogP contribution in [0.2, 0.25) is 0 Å². The molecule has 0 aliphatic carbocycles. The van der Waals surface area contributed by atoms with Crippen molar-refractivity contribution in [3.63, 3.8) is 0 Å². The van der Waals surface area contributed by atoms with Crippen molar-refractivity contribution >= 4 is 0 Å². The molecule has 94 valence electrons. The standard InChI is InChI=1S/C16H25N/c1-11(2)14-7-5-6-13-10-17-9-8-15(12(3)4)16(13)14/h5-7,11-12,15,17H,8-10H2,1-4H3. The van der Waals surface area contributed by atoms with Gasteiger partial charge >= 0.3 is 0 Å². The highest BCUT2D eigenvalue weighted by Crippen LogP contribution is 2.37. The lowest BCUT2D eigenvalue weighted by Crippen LogP contribution is -2.13. The minimum atomic E-state index is 0.629. The second-order valence-corrected chi connectivity index (χ2v) is 5.89. The summed E-state index contributed by atoms with van der Waals surface area (Å²) in [5.41, 5.74) is 4.72. The summed E-state index contributed by atoms with van der Waals surface area (Å²) >= 11 is 0. The Hall–Kier alpha value is -0.820. The molecule has 1 aliphatic heterocycles. The molecule has 0 amide bonds. The van der Waals surface area contributed by atoms with E-state index < -0.39 is 0 Å². The monoisotopic (exact) mass is 231 g/mol. The van der Waals surface area contributed by atoms with Crippen LogP contribution in [0.25, 0.3) is 0 Å². The van der Waals surface area contributed by atoms with E-state index >= 15 is 0 Å². The zero-order valence-corrected chi connectivity index (χ0v) is 11.6. The number of rotatable bonds is 2. The lowest BCUT2D eigenvalue weighted by Gasteiger charge is -2.25. The van der Waals surface area contributed by atoms with Crippen LogP contribution in [0, 0.1) is 5.92 Å². The van der Waals surface area contributed by atoms with Gasteiger partial charge in [0.1, 0.15) is 0 Å². The maximum Gasteiger partial charge on any atom is 0.0208 e. The second kappa shape index (κ2) is 5.22. The Labute approximate surface area is 106 Å². The van der Waals surface area contributed by atoms with Gasteiger partial charge in [-0.2, -0.15) is 0 Å². The van der Waals surface area contributed by atoms with E-state index in [1.165, 1.54) is 12.0 Å². The molecular formula is C16H25N. The first kappa shape index (κ1) is 12.6. The van der Waals surface area contributed by atoms with Gasteiger partial charge in [0.15, 0.2) is 0 Å². The molecule has 1 N–H and O–H groups in total. The summed E-state index contributed by atoms with van der Waals surface area (Å²) < 4.78 is 0. The Morgan fingerprint density at radius 3 is 2.59 bits per heavy atom. The highest BCUT2D eigenvalue weighted by molar-refractivity contribution is 5.41. The summed E-state index contributed by atoms with van der Waals surface area (Å²) in [6.45, 7) is 11.5. The molecule has 0 aromatic heterocycles. The Morgan fingerprint density at radius 2 is 1.94 bits per heavy atom. The predicted molar refractivity (Wildman–Crippen MR) is 74.4 cm³/mol. The van der Waals surface area contributed by atoms with E-state index in [2.05, 4.69) is 51.2 Å². The van der Waals surface area contributed by atoms with E-state index in [9.17, 15) is 0 Å². The molecule has 1 aromatic carbocycles. The van der Waals surface area contributed by atoms with Crippen molar-refractivity contribution in [1.29, 1.82) is 0 Å². The molecule has 1 nitrogen and oxygen atoms in total. The van der Waals surface area contributed by atoms with Crippen LogP contribution < -0.4 is 5.32 Å². The number of hydrogen-bond donors (Lipinski definition) is 1. The van der Waals surface area contributed by atoms with Gasteiger partial charge in [0, 0.05) is 6.54 Å². The Balaban J connectivity index is 2.52. The molecule has 0 saturated heterocycles. The van der Waals surface area contributed by atoms with Crippen LogP contribution in [-0.4, -0.2) is 6.54 Å². The summed E-state index contributed by atoms with van der Waals surface area (Å²) in [6.07, 6.45) is 1.27. The van der Waals surface area contributed by atoms with Gasteiger partial charge in [-0.3, -0.25) is 0 Å². The van der Waals surface area contributed by atoms with E-state index in [4.69, 9.17) is 0 Å². The first-order valence-corrected chi connectivity index (χ1v) is 6.93. The molecule has 0 spiro atoms. The van der Waals surface area contributed by atoms with Gasteiger partial charge in [-0.1, -0.05) is 45.9 Å². The molecule has 1 aliphatic rings. The van der Waals surface area contributed by atoms with Crippen molar-refractivity contribution in [3.8, 4) is 0 Å². The minimum absolute atomic E-state index is 0.629. The zero-order valence-electron chi connectivity index (χ0n) is 11.6. The first-order chi connectivity index (χ1) is 8.11. The van der Waals surface area contributed by atoms with Crippen molar-refractivity contribution in [1.82, 2.24) is 5.32 Å². The summed E-state index contributed by atoms with van der Waals surface area (Å²) in [5.74, 6) is 2.08. The largest absolute Gasteiger partial charge is 0.313 e. The first-order valence-electron chi connectivity index (χ1n) is 6.93. The van der Waals surface area contributed by atoms with Gasteiger partial charge in [-0.05, 0) is 47.4 Å². The van der Waals surface area contributed by atoms with E-state index in [-0.39, 0.29) is 0 Å². The minimum Gasteiger partial charge on any atom is -0.313 e. The SMILES string of the molecule is CC(C)c1cccc2c1C(C(C)C)CCNC2. The third kappa shape index (κ3) is 2.55. The van der Waals surface area contributed by atoms with Crippen LogP contribution >= 0.6 is 0 Å². The molecule has 0 bridgehead atoms. The topological polar surface area (TPSA) is 12.0 Å². The lowest BCUT2D eigenvalue weighted by molar-refractivity contribution is 0.463. The fraction of sp³-hybridized carbons (Fsp3) is 0.625. The number of benzene rings is 1. The molecule has 0 radical (unpaired) electrons. The van der Waals surface area contributed by atoms with Crippen LogP contribution in [0.4, 0.5) is 0 Å². The van der Waals surface area contributed by atoms with E-state index in [0.29, 0.717) is 5.92 Å². The van der Waals surface area contributed by atoms with Gasteiger partial charge in [-0.25, -0.2) is 0 Å². The molecular weight excluding hydrogens is 206 g/mol. The van der Waals surface area contributed by atoms with Gasteiger partial charge in [0.2, 0.25) is 0 Å². The normalized spacial score (nSPS) is 20.5. The molecule has 1 heteroatoms. The van der Waals surface area contributed by atoms with Crippen molar-refractivity contribution < 1.29 is 0 Å². The summed E-state index contributed by atoms with van der Waals surface area (Å²) in [6, 6.07) is 6.84. The third-order valence-electron chi connectivity index (χ3n) is 3.98. The van der Waals surface area contributed by atoms with Crippen LogP contribution in [0.5, 0.6) is 0 Å². The zero-order chi connectivity index (χ0) is 12.4. The van der Waals surface area contributed by atoms with E-state index in [1.54, 1.807) is 11.1 Å². The fourth-order valence-corrected chi connectivity index (χ4v) is 3.03. The highest BCUT2D eigenvalue weighted by atomic mass is 14.9. The molecule has 17 heavy (non-hydrogen) atoms. The van der Waals surface area contributed by atoms with Gasteiger partial charge < -0.3 is 5.32 Å². The molecule has 1 atom stereocenters. The molecule has 0 fully saturated rings. The maximum absolute atomic E-state index is 3.55. The van der Waals surface area contributed by atoms with Crippen LogP contribution in [0.3, 0.4) is 0 Å². The van der Waals surface area contributed by atoms with Crippen molar-refractivity contribution in [3.05, 3.63) is 34.9 Å². The Kier molecular flexibility index (Phi) is 3.88. The van der Waals surface area contributed by atoms with E-state index in [1.807, 2.05) is 0 Å².